The molecule has 1 aromatic rings. The number of benzene rings is 1. The maximum absolute atomic E-state index is 14.4. The van der Waals surface area contributed by atoms with E-state index in [4.69, 9.17) is 22.9 Å². The number of carboxylic acid groups (broad SMARTS) is 2. The fraction of sp³-hybridized carbons (Fsp3) is 0.698. The molecule has 26 nitrogen and oxygen atoms in total. The summed E-state index contributed by atoms with van der Waals surface area (Å²) >= 11 is 0. The molecule has 0 unspecified atom stereocenters. The highest BCUT2D eigenvalue weighted by molar-refractivity contribution is 5.98. The summed E-state index contributed by atoms with van der Waals surface area (Å²) in [6.45, 7) is 10.6. The minimum absolute atomic E-state index is 0.00516. The monoisotopic (exact) mass is 1120 g/mol. The van der Waals surface area contributed by atoms with Gasteiger partial charge in [-0.3, -0.25) is 43.2 Å². The molecular weight excluding hydrogens is 1030 g/mol. The topological polar surface area (TPSA) is 452 Å². The van der Waals surface area contributed by atoms with Crippen molar-refractivity contribution in [1.29, 1.82) is 0 Å². The number of carbonyl (C=O) groups excluding carboxylic acids is 8. The molecule has 20 N–H and O–H groups in total. The Balaban J connectivity index is 3.64. The normalized spacial score (nSPS) is 15.1. The number of aliphatic hydroxyl groups excluding tert-OH is 1. The molecule has 0 aliphatic carbocycles. The minimum atomic E-state index is -1.56. The Hall–Kier alpha value is -6.48. The van der Waals surface area contributed by atoms with Gasteiger partial charge in [0.2, 0.25) is 47.3 Å². The van der Waals surface area contributed by atoms with Gasteiger partial charge in [-0.25, -0.2) is 4.79 Å². The number of aliphatic carboxylic acids is 2. The van der Waals surface area contributed by atoms with Crippen LogP contribution < -0.4 is 65.5 Å². The summed E-state index contributed by atoms with van der Waals surface area (Å²) in [5, 5.41) is 59.8. The second-order valence-electron chi connectivity index (χ2n) is 20.8. The van der Waals surface area contributed by atoms with Crippen molar-refractivity contribution < 1.29 is 68.4 Å². The van der Waals surface area contributed by atoms with Crippen molar-refractivity contribution in [3.8, 4) is 5.75 Å². The molecule has 0 heterocycles. The Morgan fingerprint density at radius 2 is 0.848 bits per heavy atom. The van der Waals surface area contributed by atoms with Crippen LogP contribution in [0.25, 0.3) is 0 Å². The van der Waals surface area contributed by atoms with Gasteiger partial charge in [-0.2, -0.15) is 0 Å². The second-order valence-corrected chi connectivity index (χ2v) is 20.8. The summed E-state index contributed by atoms with van der Waals surface area (Å²) in [4.78, 5) is 135. The van der Waals surface area contributed by atoms with E-state index in [2.05, 4.69) is 42.5 Å². The smallest absolute Gasteiger partial charge is 0.326 e. The molecule has 448 valence electrons. The Kier molecular flexibility index (Phi) is 34.1. The molecule has 0 saturated carbocycles. The molecule has 0 fully saturated rings. The second kappa shape index (κ2) is 38.2. The summed E-state index contributed by atoms with van der Waals surface area (Å²) in [7, 11) is 0. The average molecular weight is 1120 g/mol. The zero-order chi connectivity index (χ0) is 59.8. The minimum Gasteiger partial charge on any atom is -0.508 e. The van der Waals surface area contributed by atoms with Crippen molar-refractivity contribution in [2.45, 2.75) is 192 Å². The number of nitrogens with two attached hydrogens (primary N) is 4. The first-order valence-corrected chi connectivity index (χ1v) is 27.4. The first-order chi connectivity index (χ1) is 37.3. The van der Waals surface area contributed by atoms with Crippen LogP contribution >= 0.6 is 0 Å². The molecular formula is C53H92N12O14. The van der Waals surface area contributed by atoms with E-state index in [0.29, 0.717) is 57.1 Å². The van der Waals surface area contributed by atoms with Crippen LogP contribution in [-0.4, -0.2) is 160 Å². The van der Waals surface area contributed by atoms with Crippen LogP contribution in [0.1, 0.15) is 137 Å². The van der Waals surface area contributed by atoms with Crippen molar-refractivity contribution in [3.05, 3.63) is 29.8 Å². The van der Waals surface area contributed by atoms with Gasteiger partial charge in [0.25, 0.3) is 0 Å². The molecule has 8 amide bonds. The number of phenolic OH excluding ortho intramolecular Hbond substituents is 1. The standard InChI is InChI=1S/C53H92N12O14/c1-7-32(6)44(52(77)61-39(53(78)79)16-10-13-25-56)65-48(73)38(21-22-43(68)69)60-49(74)41(27-31(4)5)63-47(72)37(15-9-12-24-55)58-46(71)36(14-8-11-23-54)59-51(76)42(28-33-17-19-34(67)20-18-33)64-50(75)40(26-30(2)3)62-45(70)35(57)29-66/h17-20,30-32,35-42,44,66-67H,7-16,21-29,54-57H2,1-6H3,(H,58,71)(H,59,76)(H,60,74)(H,61,77)(H,62,70)(H,63,72)(H,64,75)(H,65,73)(H,68,69)(H,78,79)/t32-,35-,36-,37-,38-,39-,40-,41-,42-,44-/m0/s1. The fourth-order valence-corrected chi connectivity index (χ4v) is 8.23. The number of rotatable bonds is 41. The molecule has 1 rings (SSSR count). The molecule has 0 bridgehead atoms. The van der Waals surface area contributed by atoms with Gasteiger partial charge in [-0.15, -0.1) is 0 Å². The van der Waals surface area contributed by atoms with E-state index in [9.17, 15) is 68.4 Å². The maximum Gasteiger partial charge on any atom is 0.326 e. The molecule has 0 radical (unpaired) electrons. The largest absolute Gasteiger partial charge is 0.508 e. The van der Waals surface area contributed by atoms with Crippen LogP contribution in [0.15, 0.2) is 24.3 Å². The third-order valence-electron chi connectivity index (χ3n) is 13.0. The number of carbonyl (C=O) groups is 10. The summed E-state index contributed by atoms with van der Waals surface area (Å²) in [5.74, 6) is -10.3. The number of nitrogens with one attached hydrogen (secondary N) is 8. The van der Waals surface area contributed by atoms with Crippen LogP contribution in [0, 0.1) is 17.8 Å². The third kappa shape index (κ3) is 27.8. The Bertz CT molecular complexity index is 2100. The van der Waals surface area contributed by atoms with E-state index in [0.717, 1.165) is 0 Å². The summed E-state index contributed by atoms with van der Waals surface area (Å²) in [6, 6.07) is -6.25. The Labute approximate surface area is 463 Å². The summed E-state index contributed by atoms with van der Waals surface area (Å²) < 4.78 is 0. The van der Waals surface area contributed by atoms with Crippen molar-refractivity contribution >= 4 is 59.2 Å². The SMILES string of the molecule is CC[C@H](C)[C@H](NC(=O)[C@H](CCC(=O)O)NC(=O)[C@H](CC(C)C)NC(=O)[C@H](CCCCN)NC(=O)[C@H](CCCCN)NC(=O)[C@H](Cc1ccc(O)cc1)NC(=O)[C@H](CC(C)C)NC(=O)[C@@H](N)CO)C(=O)N[C@@H](CCCCN)C(=O)O. The molecule has 0 aromatic heterocycles. The van der Waals surface area contributed by atoms with Crippen LogP contribution in [0.2, 0.25) is 0 Å². The van der Waals surface area contributed by atoms with Crippen molar-refractivity contribution in [1.82, 2.24) is 42.5 Å². The van der Waals surface area contributed by atoms with E-state index >= 15 is 0 Å². The number of hydrogen-bond acceptors (Lipinski definition) is 16. The number of carboxylic acids is 2. The average Bonchev–Trinajstić information content (AvgIpc) is 3.39. The lowest BCUT2D eigenvalue weighted by molar-refractivity contribution is -0.143. The lowest BCUT2D eigenvalue weighted by Gasteiger charge is -2.29. The van der Waals surface area contributed by atoms with Crippen LogP contribution in [0.3, 0.4) is 0 Å². The van der Waals surface area contributed by atoms with Crippen molar-refractivity contribution in [2.75, 3.05) is 26.2 Å². The first kappa shape index (κ1) is 70.5. The van der Waals surface area contributed by atoms with Gasteiger partial charge in [-0.05, 0) is 132 Å². The van der Waals surface area contributed by atoms with Gasteiger partial charge in [0.1, 0.15) is 60.1 Å². The zero-order valence-corrected chi connectivity index (χ0v) is 46.9. The molecule has 0 aliphatic rings. The van der Waals surface area contributed by atoms with Gasteiger partial charge in [0.05, 0.1) is 6.61 Å². The van der Waals surface area contributed by atoms with Gasteiger partial charge in [0.15, 0.2) is 0 Å². The lowest BCUT2D eigenvalue weighted by atomic mass is 9.96. The van der Waals surface area contributed by atoms with Crippen molar-refractivity contribution in [3.63, 3.8) is 0 Å². The molecule has 0 spiro atoms. The van der Waals surface area contributed by atoms with Gasteiger partial charge >= 0.3 is 11.9 Å². The van der Waals surface area contributed by atoms with Gasteiger partial charge < -0.3 is 85.9 Å². The zero-order valence-electron chi connectivity index (χ0n) is 46.9. The van der Waals surface area contributed by atoms with E-state index in [1.54, 1.807) is 41.5 Å². The fourth-order valence-electron chi connectivity index (χ4n) is 8.23. The molecule has 0 saturated heterocycles. The number of phenols is 1. The first-order valence-electron chi connectivity index (χ1n) is 27.4. The van der Waals surface area contributed by atoms with Crippen LogP contribution in [0.5, 0.6) is 5.75 Å². The number of aliphatic hydroxyl groups is 1. The molecule has 0 aliphatic heterocycles. The molecule has 10 atom stereocenters. The molecule has 1 aromatic carbocycles. The number of amides is 8. The highest BCUT2D eigenvalue weighted by Crippen LogP contribution is 2.16. The predicted molar refractivity (Wildman–Crippen MR) is 294 cm³/mol. The number of unbranched alkanes of at least 4 members (excludes halogenated alkanes) is 3. The highest BCUT2D eigenvalue weighted by Gasteiger charge is 2.36. The van der Waals surface area contributed by atoms with E-state index in [1.165, 1.54) is 24.3 Å². The van der Waals surface area contributed by atoms with Crippen molar-refractivity contribution in [2.24, 2.45) is 40.7 Å². The van der Waals surface area contributed by atoms with E-state index < -0.39 is 139 Å². The van der Waals surface area contributed by atoms with E-state index in [-0.39, 0.29) is 69.2 Å². The van der Waals surface area contributed by atoms with Crippen LogP contribution in [-0.2, 0) is 54.4 Å². The number of hydrogen-bond donors (Lipinski definition) is 16. The Morgan fingerprint density at radius 1 is 0.481 bits per heavy atom. The van der Waals surface area contributed by atoms with Crippen LogP contribution in [0.4, 0.5) is 0 Å². The summed E-state index contributed by atoms with van der Waals surface area (Å²) in [5.41, 5.74) is 23.4. The third-order valence-corrected chi connectivity index (χ3v) is 13.0. The van der Waals surface area contributed by atoms with Gasteiger partial charge in [-0.1, -0.05) is 60.1 Å². The van der Waals surface area contributed by atoms with E-state index in [1.807, 2.05) is 0 Å². The lowest BCUT2D eigenvalue weighted by Crippen LogP contribution is -2.61. The number of aromatic hydroxyl groups is 1. The molecule has 79 heavy (non-hydrogen) atoms. The Morgan fingerprint density at radius 3 is 1.25 bits per heavy atom. The van der Waals surface area contributed by atoms with Gasteiger partial charge in [0, 0.05) is 12.8 Å². The maximum atomic E-state index is 14.4. The highest BCUT2D eigenvalue weighted by atomic mass is 16.4. The quantitative estimate of drug-likeness (QED) is 0.0336. The predicted octanol–water partition coefficient (Wildman–Crippen LogP) is -1.39. The summed E-state index contributed by atoms with van der Waals surface area (Å²) in [6.07, 6.45) is 1.81. The molecule has 26 heteroatoms.